The van der Waals surface area contributed by atoms with E-state index in [9.17, 15) is 9.59 Å². The third-order valence-electron chi connectivity index (χ3n) is 4.61. The van der Waals surface area contributed by atoms with Crippen molar-refractivity contribution in [2.24, 2.45) is 11.8 Å². The van der Waals surface area contributed by atoms with Gasteiger partial charge >= 0.3 is 0 Å². The highest BCUT2D eigenvalue weighted by molar-refractivity contribution is 6.21. The lowest BCUT2D eigenvalue weighted by atomic mass is 9.90. The summed E-state index contributed by atoms with van der Waals surface area (Å²) in [4.78, 5) is 35.0. The smallest absolute Gasteiger partial charge is 0.245 e. The molecule has 2 amide bonds. The zero-order valence-corrected chi connectivity index (χ0v) is 15.2. The maximum absolute atomic E-state index is 12.9. The quantitative estimate of drug-likeness (QED) is 0.765. The van der Waals surface area contributed by atoms with Crippen LogP contribution in [-0.2, 0) is 16.0 Å². The number of ether oxygens (including phenoxy) is 2. The van der Waals surface area contributed by atoms with Crippen LogP contribution in [0.4, 0.5) is 5.95 Å². The zero-order valence-electron chi connectivity index (χ0n) is 15.2. The van der Waals surface area contributed by atoms with Crippen LogP contribution in [0.25, 0.3) is 0 Å². The molecule has 0 saturated carbocycles. The van der Waals surface area contributed by atoms with Gasteiger partial charge in [-0.1, -0.05) is 36.8 Å². The number of rotatable bonds is 5. The van der Waals surface area contributed by atoms with Crippen LogP contribution in [0.2, 0.25) is 0 Å². The fourth-order valence-corrected chi connectivity index (χ4v) is 3.00. The molecule has 0 N–H and O–H groups in total. The Balaban J connectivity index is 1.91. The van der Waals surface area contributed by atoms with Crippen LogP contribution in [-0.4, -0.2) is 36.0 Å². The Bertz CT molecular complexity index is 813. The van der Waals surface area contributed by atoms with Crippen LogP contribution in [0, 0.1) is 18.8 Å². The van der Waals surface area contributed by atoms with E-state index < -0.39 is 11.8 Å². The van der Waals surface area contributed by atoms with Crippen LogP contribution < -0.4 is 14.4 Å². The number of hydrogen-bond acceptors (Lipinski definition) is 6. The molecule has 7 nitrogen and oxygen atoms in total. The third kappa shape index (κ3) is 3.24. The number of imide groups is 1. The number of carbonyl (C=O) groups excluding carboxylic acids is 2. The summed E-state index contributed by atoms with van der Waals surface area (Å²) in [6.45, 7) is 3.77. The van der Waals surface area contributed by atoms with Gasteiger partial charge in [0.15, 0.2) is 0 Å². The molecular weight excluding hydrogens is 334 g/mol. The first kappa shape index (κ1) is 17.8. The van der Waals surface area contributed by atoms with Crippen molar-refractivity contribution in [1.29, 1.82) is 0 Å². The predicted octanol–water partition coefficient (Wildman–Crippen LogP) is 2.17. The van der Waals surface area contributed by atoms with Crippen molar-refractivity contribution in [3.05, 3.63) is 41.5 Å². The number of carbonyl (C=O) groups is 2. The highest BCUT2D eigenvalue weighted by atomic mass is 16.5. The molecule has 1 saturated heterocycles. The molecule has 1 fully saturated rings. The van der Waals surface area contributed by atoms with Gasteiger partial charge in [0.25, 0.3) is 0 Å². The van der Waals surface area contributed by atoms with E-state index in [0.29, 0.717) is 6.42 Å². The first-order valence-corrected chi connectivity index (χ1v) is 8.35. The standard InChI is InChI=1S/C19H21N3O4/c1-11-5-7-13(8-6-11)9-14-12(2)17(23)22(18(14)24)19-20-15(25-3)10-16(21-19)26-4/h5-8,10,12,14H,9H2,1-4H3/t12-,14-/m1/s1. The van der Waals surface area contributed by atoms with Crippen molar-refractivity contribution in [3.63, 3.8) is 0 Å². The number of aryl methyl sites for hydroxylation is 1. The number of aromatic nitrogens is 2. The maximum atomic E-state index is 12.9. The summed E-state index contributed by atoms with van der Waals surface area (Å²) >= 11 is 0. The van der Waals surface area contributed by atoms with Crippen molar-refractivity contribution in [2.45, 2.75) is 20.3 Å². The summed E-state index contributed by atoms with van der Waals surface area (Å²) in [5.41, 5.74) is 2.16. The Morgan fingerprint density at radius 2 is 1.58 bits per heavy atom. The first-order valence-electron chi connectivity index (χ1n) is 8.35. The summed E-state index contributed by atoms with van der Waals surface area (Å²) in [6, 6.07) is 9.44. The fraction of sp³-hybridized carbons (Fsp3) is 0.368. The Kier molecular flexibility index (Phi) is 4.88. The molecule has 26 heavy (non-hydrogen) atoms. The second kappa shape index (κ2) is 7.11. The number of hydrogen-bond donors (Lipinski definition) is 0. The van der Waals surface area contributed by atoms with E-state index in [0.717, 1.165) is 16.0 Å². The van der Waals surface area contributed by atoms with Gasteiger partial charge in [0.2, 0.25) is 29.5 Å². The van der Waals surface area contributed by atoms with Gasteiger partial charge in [0.1, 0.15) is 0 Å². The minimum atomic E-state index is -0.454. The SMILES string of the molecule is COc1cc(OC)nc(N2C(=O)[C@H](C)[C@@H](Cc3ccc(C)cc3)C2=O)n1. The van der Waals surface area contributed by atoms with Gasteiger partial charge in [0, 0.05) is 5.92 Å². The summed E-state index contributed by atoms with van der Waals surface area (Å²) < 4.78 is 10.2. The first-order chi connectivity index (χ1) is 12.4. The second-order valence-electron chi connectivity index (χ2n) is 6.35. The molecule has 1 aromatic heterocycles. The highest BCUT2D eigenvalue weighted by Crippen LogP contribution is 2.33. The van der Waals surface area contributed by atoms with E-state index >= 15 is 0 Å². The van der Waals surface area contributed by atoms with Crippen LogP contribution in [0.5, 0.6) is 11.8 Å². The number of amides is 2. The average Bonchev–Trinajstić information content (AvgIpc) is 2.86. The molecule has 2 heterocycles. The fourth-order valence-electron chi connectivity index (χ4n) is 3.00. The van der Waals surface area contributed by atoms with E-state index in [-0.39, 0.29) is 29.5 Å². The lowest BCUT2D eigenvalue weighted by molar-refractivity contribution is -0.122. The Hall–Kier alpha value is -2.96. The predicted molar refractivity (Wildman–Crippen MR) is 95.2 cm³/mol. The topological polar surface area (TPSA) is 81.6 Å². The molecule has 7 heteroatoms. The molecule has 0 spiro atoms. The largest absolute Gasteiger partial charge is 0.481 e. The van der Waals surface area contributed by atoms with Gasteiger partial charge in [-0.25, -0.2) is 4.90 Å². The van der Waals surface area contributed by atoms with Gasteiger partial charge in [-0.15, -0.1) is 0 Å². The summed E-state index contributed by atoms with van der Waals surface area (Å²) in [5.74, 6) is -1.10. The molecule has 0 radical (unpaired) electrons. The Morgan fingerprint density at radius 3 is 2.12 bits per heavy atom. The summed E-state index contributed by atoms with van der Waals surface area (Å²) in [6.07, 6.45) is 0.490. The van der Waals surface area contributed by atoms with Gasteiger partial charge in [-0.3, -0.25) is 9.59 Å². The van der Waals surface area contributed by atoms with E-state index in [4.69, 9.17) is 9.47 Å². The monoisotopic (exact) mass is 355 g/mol. The number of nitrogens with zero attached hydrogens (tertiary/aromatic N) is 3. The summed E-state index contributed by atoms with van der Waals surface area (Å²) in [7, 11) is 2.89. The Labute approximate surface area is 152 Å². The molecule has 3 rings (SSSR count). The lowest BCUT2D eigenvalue weighted by Gasteiger charge is -2.14. The van der Waals surface area contributed by atoms with E-state index in [1.807, 2.05) is 31.2 Å². The van der Waals surface area contributed by atoms with E-state index in [1.54, 1.807) is 6.92 Å². The van der Waals surface area contributed by atoms with Crippen molar-refractivity contribution in [2.75, 3.05) is 19.1 Å². The molecule has 1 aliphatic rings. The van der Waals surface area contributed by atoms with Crippen molar-refractivity contribution >= 4 is 17.8 Å². The van der Waals surface area contributed by atoms with Gasteiger partial charge < -0.3 is 9.47 Å². The molecule has 1 aromatic carbocycles. The van der Waals surface area contributed by atoms with Gasteiger partial charge in [0.05, 0.1) is 26.2 Å². The Morgan fingerprint density at radius 1 is 1.00 bits per heavy atom. The number of benzene rings is 1. The molecule has 0 unspecified atom stereocenters. The minimum Gasteiger partial charge on any atom is -0.481 e. The molecular formula is C19H21N3O4. The van der Waals surface area contributed by atoms with Crippen LogP contribution in [0.1, 0.15) is 18.1 Å². The summed E-state index contributed by atoms with van der Waals surface area (Å²) in [5, 5.41) is 0. The van der Waals surface area contributed by atoms with Crippen LogP contribution >= 0.6 is 0 Å². The maximum Gasteiger partial charge on any atom is 0.245 e. The van der Waals surface area contributed by atoms with Crippen molar-refractivity contribution < 1.29 is 19.1 Å². The molecule has 2 aromatic rings. The van der Waals surface area contributed by atoms with E-state index in [1.165, 1.54) is 20.3 Å². The van der Waals surface area contributed by atoms with Gasteiger partial charge in [-0.05, 0) is 18.9 Å². The second-order valence-corrected chi connectivity index (χ2v) is 6.35. The van der Waals surface area contributed by atoms with Gasteiger partial charge in [-0.2, -0.15) is 9.97 Å². The lowest BCUT2D eigenvalue weighted by Crippen LogP contribution is -2.32. The molecule has 1 aliphatic heterocycles. The highest BCUT2D eigenvalue weighted by Gasteiger charge is 2.47. The van der Waals surface area contributed by atoms with Crippen LogP contribution in [0.3, 0.4) is 0 Å². The molecule has 0 bridgehead atoms. The molecule has 2 atom stereocenters. The molecule has 136 valence electrons. The zero-order chi connectivity index (χ0) is 18.8. The van der Waals surface area contributed by atoms with Crippen molar-refractivity contribution in [3.8, 4) is 11.8 Å². The van der Waals surface area contributed by atoms with Crippen LogP contribution in [0.15, 0.2) is 30.3 Å². The third-order valence-corrected chi connectivity index (χ3v) is 4.61. The average molecular weight is 355 g/mol. The van der Waals surface area contributed by atoms with Crippen molar-refractivity contribution in [1.82, 2.24) is 9.97 Å². The number of methoxy groups -OCH3 is 2. The molecule has 0 aliphatic carbocycles. The minimum absolute atomic E-state index is 0.0190. The number of anilines is 1. The normalized spacial score (nSPS) is 19.8. The van der Waals surface area contributed by atoms with E-state index in [2.05, 4.69) is 9.97 Å².